The number of halogens is 1. The number of piperazine rings is 1. The van der Waals surface area contributed by atoms with E-state index in [1.165, 1.54) is 17.0 Å². The molecule has 0 aliphatic carbocycles. The number of aromatic nitrogens is 1. The van der Waals surface area contributed by atoms with Gasteiger partial charge in [-0.3, -0.25) is 9.69 Å². The Morgan fingerprint density at radius 2 is 1.92 bits per heavy atom. The molecule has 0 saturated carbocycles. The van der Waals surface area contributed by atoms with Gasteiger partial charge in [0.05, 0.1) is 6.20 Å². The van der Waals surface area contributed by atoms with Crippen molar-refractivity contribution < 1.29 is 19.1 Å². The van der Waals surface area contributed by atoms with E-state index in [-0.39, 0.29) is 17.8 Å². The van der Waals surface area contributed by atoms with E-state index in [9.17, 15) is 9.18 Å². The molecule has 24 heavy (non-hydrogen) atoms. The van der Waals surface area contributed by atoms with Crippen molar-refractivity contribution >= 4 is 17.4 Å². The number of anilines is 2. The molecule has 2 heterocycles. The van der Waals surface area contributed by atoms with Crippen molar-refractivity contribution in [2.24, 2.45) is 0 Å². The molecule has 0 unspecified atom stereocenters. The lowest BCUT2D eigenvalue weighted by Crippen LogP contribution is -3.19. The van der Waals surface area contributed by atoms with Crippen molar-refractivity contribution in [2.45, 2.75) is 13.0 Å². The molecule has 0 spiro atoms. The predicted molar refractivity (Wildman–Crippen MR) is 90.4 cm³/mol. The molecule has 0 radical (unpaired) electrons. The van der Waals surface area contributed by atoms with Crippen LogP contribution in [-0.4, -0.2) is 38.1 Å². The number of hydrogen-bond acceptors (Lipinski definition) is 2. The molecule has 1 saturated heterocycles. The van der Waals surface area contributed by atoms with Crippen LogP contribution in [0.15, 0.2) is 48.7 Å². The molecule has 6 heteroatoms. The number of carbonyl (C=O) groups excluding carboxylic acids is 1. The summed E-state index contributed by atoms with van der Waals surface area (Å²) < 4.78 is 12.9. The fourth-order valence-electron chi connectivity index (χ4n) is 3.02. The number of nitrogens with one attached hydrogen (secondary N) is 3. The van der Waals surface area contributed by atoms with Gasteiger partial charge in [-0.05, 0) is 37.3 Å². The Balaban J connectivity index is 1.53. The van der Waals surface area contributed by atoms with Gasteiger partial charge in [-0.1, -0.05) is 6.07 Å². The van der Waals surface area contributed by atoms with Crippen LogP contribution in [0.1, 0.15) is 6.92 Å². The normalized spacial score (nSPS) is 16.7. The van der Waals surface area contributed by atoms with Crippen molar-refractivity contribution in [2.75, 3.05) is 36.4 Å². The van der Waals surface area contributed by atoms with Gasteiger partial charge in [0.2, 0.25) is 0 Å². The van der Waals surface area contributed by atoms with Gasteiger partial charge in [0.15, 0.2) is 6.04 Å². The molecule has 5 nitrogen and oxygen atoms in total. The maximum Gasteiger partial charge on any atom is 0.282 e. The zero-order valence-electron chi connectivity index (χ0n) is 13.8. The minimum absolute atomic E-state index is 0.0312. The monoisotopic (exact) mass is 330 g/mol. The van der Waals surface area contributed by atoms with Gasteiger partial charge < -0.3 is 10.2 Å². The first-order valence-electron chi connectivity index (χ1n) is 8.26. The van der Waals surface area contributed by atoms with Gasteiger partial charge in [0.25, 0.3) is 11.7 Å². The number of benzene rings is 1. The van der Waals surface area contributed by atoms with E-state index < -0.39 is 0 Å². The Kier molecular flexibility index (Phi) is 5.05. The number of carbonyl (C=O) groups is 1. The summed E-state index contributed by atoms with van der Waals surface area (Å²) in [5, 5.41) is 2.86. The van der Waals surface area contributed by atoms with Crippen LogP contribution < -0.4 is 20.1 Å². The summed E-state index contributed by atoms with van der Waals surface area (Å²) in [7, 11) is 0. The van der Waals surface area contributed by atoms with E-state index in [1.807, 2.05) is 25.3 Å². The van der Waals surface area contributed by atoms with Crippen molar-refractivity contribution in [1.82, 2.24) is 0 Å². The number of rotatable bonds is 4. The van der Waals surface area contributed by atoms with Crippen LogP contribution in [0.3, 0.4) is 0 Å². The van der Waals surface area contributed by atoms with E-state index in [0.29, 0.717) is 5.69 Å². The predicted octanol–water partition coefficient (Wildman–Crippen LogP) is 0.372. The molecule has 0 bridgehead atoms. The number of quaternary nitrogens is 1. The molecule has 3 rings (SSSR count). The quantitative estimate of drug-likeness (QED) is 0.851. The average Bonchev–Trinajstić information content (AvgIpc) is 2.64. The molecule has 1 aliphatic rings. The number of hydrogen-bond donors (Lipinski definition) is 2. The maximum absolute atomic E-state index is 12.9. The molecule has 3 N–H and O–H groups in total. The molecule has 126 valence electrons. The average molecular weight is 330 g/mol. The Bertz CT molecular complexity index is 669. The zero-order chi connectivity index (χ0) is 16.9. The van der Waals surface area contributed by atoms with Crippen molar-refractivity contribution in [1.29, 1.82) is 0 Å². The van der Waals surface area contributed by atoms with Crippen molar-refractivity contribution in [3.8, 4) is 0 Å². The van der Waals surface area contributed by atoms with Gasteiger partial charge in [-0.25, -0.2) is 9.37 Å². The van der Waals surface area contributed by atoms with Crippen LogP contribution in [0.25, 0.3) is 0 Å². The largest absolute Gasteiger partial charge is 0.321 e. The van der Waals surface area contributed by atoms with Gasteiger partial charge in [0.1, 0.15) is 32.0 Å². The van der Waals surface area contributed by atoms with Gasteiger partial charge in [-0.2, -0.15) is 0 Å². The van der Waals surface area contributed by atoms with E-state index in [1.54, 1.807) is 12.1 Å². The van der Waals surface area contributed by atoms with Crippen LogP contribution in [0.4, 0.5) is 15.9 Å². The SMILES string of the molecule is C[C@H](C(=O)Nc1ccc(F)cc1)[NH+]1CCN(c2cccc[nH+]2)CC1. The number of aromatic amines is 1. The number of amides is 1. The first-order valence-corrected chi connectivity index (χ1v) is 8.26. The molecule has 1 aromatic carbocycles. The molecule has 1 amide bonds. The highest BCUT2D eigenvalue weighted by Gasteiger charge is 2.32. The van der Waals surface area contributed by atoms with E-state index in [4.69, 9.17) is 0 Å². The second-order valence-electron chi connectivity index (χ2n) is 6.11. The molecule has 1 aromatic heterocycles. The minimum Gasteiger partial charge on any atom is -0.321 e. The van der Waals surface area contributed by atoms with E-state index in [2.05, 4.69) is 21.3 Å². The minimum atomic E-state index is -0.305. The van der Waals surface area contributed by atoms with E-state index in [0.717, 1.165) is 32.0 Å². The molecule has 1 fully saturated rings. The van der Waals surface area contributed by atoms with Crippen molar-refractivity contribution in [3.63, 3.8) is 0 Å². The third-order valence-corrected chi connectivity index (χ3v) is 4.56. The van der Waals surface area contributed by atoms with Gasteiger partial charge in [-0.15, -0.1) is 0 Å². The van der Waals surface area contributed by atoms with Crippen LogP contribution >= 0.6 is 0 Å². The highest BCUT2D eigenvalue weighted by molar-refractivity contribution is 5.93. The third kappa shape index (κ3) is 3.89. The number of pyridine rings is 1. The van der Waals surface area contributed by atoms with Gasteiger partial charge in [0, 0.05) is 11.8 Å². The van der Waals surface area contributed by atoms with Crippen molar-refractivity contribution in [3.05, 3.63) is 54.5 Å². The summed E-state index contributed by atoms with van der Waals surface area (Å²) in [6.07, 6.45) is 1.92. The topological polar surface area (TPSA) is 50.9 Å². The fraction of sp³-hybridized carbons (Fsp3) is 0.333. The second-order valence-corrected chi connectivity index (χ2v) is 6.11. The van der Waals surface area contributed by atoms with Crippen LogP contribution in [-0.2, 0) is 4.79 Å². The Hall–Kier alpha value is -2.47. The Morgan fingerprint density at radius 3 is 2.54 bits per heavy atom. The highest BCUT2D eigenvalue weighted by Crippen LogP contribution is 2.08. The molecular formula is C18H23FN4O+2. The second kappa shape index (κ2) is 7.40. The standard InChI is InChI=1S/C18H21FN4O/c1-14(18(24)21-16-7-5-15(19)6-8-16)22-10-12-23(13-11-22)17-4-2-3-9-20-17/h2-9,14H,10-13H2,1H3,(H,21,24)/p+2/t14-/m1/s1. The number of H-pyrrole nitrogens is 1. The van der Waals surface area contributed by atoms with Crippen LogP contribution in [0, 0.1) is 5.82 Å². The number of nitrogens with zero attached hydrogens (tertiary/aromatic N) is 1. The van der Waals surface area contributed by atoms with E-state index >= 15 is 0 Å². The molecule has 2 aromatic rings. The summed E-state index contributed by atoms with van der Waals surface area (Å²) in [5.41, 5.74) is 0.630. The lowest BCUT2D eigenvalue weighted by atomic mass is 10.2. The molecular weight excluding hydrogens is 307 g/mol. The summed E-state index contributed by atoms with van der Waals surface area (Å²) >= 11 is 0. The highest BCUT2D eigenvalue weighted by atomic mass is 19.1. The Labute approximate surface area is 141 Å². The Morgan fingerprint density at radius 1 is 1.21 bits per heavy atom. The van der Waals surface area contributed by atoms with Crippen LogP contribution in [0.5, 0.6) is 0 Å². The van der Waals surface area contributed by atoms with Crippen LogP contribution in [0.2, 0.25) is 0 Å². The fourth-order valence-corrected chi connectivity index (χ4v) is 3.02. The maximum atomic E-state index is 12.9. The summed E-state index contributed by atoms with van der Waals surface area (Å²) in [4.78, 5) is 19.2. The summed E-state index contributed by atoms with van der Waals surface area (Å²) in [6, 6.07) is 11.8. The lowest BCUT2D eigenvalue weighted by Gasteiger charge is -2.31. The first kappa shape index (κ1) is 16.4. The zero-order valence-corrected chi connectivity index (χ0v) is 13.8. The smallest absolute Gasteiger partial charge is 0.282 e. The third-order valence-electron chi connectivity index (χ3n) is 4.56. The first-order chi connectivity index (χ1) is 11.6. The molecule has 1 atom stereocenters. The molecule has 1 aliphatic heterocycles. The lowest BCUT2D eigenvalue weighted by molar-refractivity contribution is -0.914. The van der Waals surface area contributed by atoms with Gasteiger partial charge >= 0.3 is 0 Å². The summed E-state index contributed by atoms with van der Waals surface area (Å²) in [5.74, 6) is 0.775. The summed E-state index contributed by atoms with van der Waals surface area (Å²) in [6.45, 7) is 5.56.